The van der Waals surface area contributed by atoms with E-state index in [0.717, 1.165) is 37.3 Å². The average Bonchev–Trinajstić information content (AvgIpc) is 2.54. The lowest BCUT2D eigenvalue weighted by Gasteiger charge is -2.56. The summed E-state index contributed by atoms with van der Waals surface area (Å²) >= 11 is 0. The van der Waals surface area contributed by atoms with Gasteiger partial charge in [0.25, 0.3) is 0 Å². The molecule has 1 saturated carbocycles. The van der Waals surface area contributed by atoms with Crippen molar-refractivity contribution in [3.8, 4) is 0 Å². The second-order valence-electron chi connectivity index (χ2n) is 7.72. The van der Waals surface area contributed by atoms with E-state index in [9.17, 15) is 9.59 Å². The van der Waals surface area contributed by atoms with E-state index in [0.29, 0.717) is 23.5 Å². The number of rotatable bonds is 6. The van der Waals surface area contributed by atoms with Crippen molar-refractivity contribution in [2.45, 2.75) is 52.9 Å². The fourth-order valence-electron chi connectivity index (χ4n) is 4.23. The molecule has 4 nitrogen and oxygen atoms in total. The normalized spacial score (nSPS) is 24.0. The molecule has 1 heterocycles. The van der Waals surface area contributed by atoms with Gasteiger partial charge >= 0.3 is 5.97 Å². The lowest BCUT2D eigenvalue weighted by molar-refractivity contribution is -0.0103. The molecule has 0 aliphatic heterocycles. The molecule has 0 radical (unpaired) electrons. The van der Waals surface area contributed by atoms with Gasteiger partial charge in [-0.3, -0.25) is 4.79 Å². The van der Waals surface area contributed by atoms with Crippen molar-refractivity contribution in [2.24, 2.45) is 17.3 Å². The molecular formula is C20H27NO3. The third-order valence-electron chi connectivity index (χ3n) is 5.86. The highest BCUT2D eigenvalue weighted by Crippen LogP contribution is 2.59. The van der Waals surface area contributed by atoms with Crippen LogP contribution in [0.4, 0.5) is 0 Å². The smallest absolute Gasteiger partial charge is 0.338 e. The van der Waals surface area contributed by atoms with E-state index >= 15 is 0 Å². The first-order valence-electron chi connectivity index (χ1n) is 9.01. The predicted molar refractivity (Wildman–Crippen MR) is 94.0 cm³/mol. The summed E-state index contributed by atoms with van der Waals surface area (Å²) in [5.41, 5.74) is 2.73. The number of hydrogen-bond acceptors (Lipinski definition) is 3. The largest absolute Gasteiger partial charge is 0.462 e. The molecule has 1 aromatic rings. The van der Waals surface area contributed by atoms with Gasteiger partial charge in [0, 0.05) is 18.2 Å². The van der Waals surface area contributed by atoms with Crippen molar-refractivity contribution in [3.63, 3.8) is 0 Å². The van der Waals surface area contributed by atoms with Gasteiger partial charge in [0.1, 0.15) is 0 Å². The lowest BCUT2D eigenvalue weighted by atomic mass is 9.48. The maximum atomic E-state index is 12.2. The molecule has 4 rings (SSSR count). The summed E-state index contributed by atoms with van der Waals surface area (Å²) in [7, 11) is 0. The number of esters is 1. The van der Waals surface area contributed by atoms with Crippen LogP contribution < -0.4 is 5.56 Å². The maximum absolute atomic E-state index is 12.2. The van der Waals surface area contributed by atoms with Crippen LogP contribution in [0.15, 0.2) is 28.6 Å². The molecule has 0 unspecified atom stereocenters. The Hall–Kier alpha value is -1.84. The standard InChI is InChI=1S/C20H27NO3/c1-4-5-16-10-14(11-18(22)21-16)19(23)24-9-8-13-6-7-15-12-17(13)20(15,2)3/h6,10-11,15,17H,4-5,7-9,12H2,1-3H3,(H,21,22)/t15-,17-/m0/s1. The van der Waals surface area contributed by atoms with Crippen LogP contribution in [-0.2, 0) is 11.2 Å². The Kier molecular flexibility index (Phi) is 4.66. The van der Waals surface area contributed by atoms with Crippen molar-refractivity contribution >= 4 is 5.97 Å². The van der Waals surface area contributed by atoms with Gasteiger partial charge in [-0.05, 0) is 42.6 Å². The van der Waals surface area contributed by atoms with Crippen molar-refractivity contribution in [3.05, 3.63) is 45.4 Å². The van der Waals surface area contributed by atoms with Gasteiger partial charge in [0.15, 0.2) is 0 Å². The monoisotopic (exact) mass is 329 g/mol. The number of aryl methyl sites for hydroxylation is 1. The van der Waals surface area contributed by atoms with Crippen LogP contribution in [0.2, 0.25) is 0 Å². The van der Waals surface area contributed by atoms with Crippen LogP contribution >= 0.6 is 0 Å². The van der Waals surface area contributed by atoms with Crippen molar-refractivity contribution in [1.82, 2.24) is 4.98 Å². The Morgan fingerprint density at radius 3 is 2.79 bits per heavy atom. The van der Waals surface area contributed by atoms with Gasteiger partial charge in [-0.1, -0.05) is 38.8 Å². The summed E-state index contributed by atoms with van der Waals surface area (Å²) in [6, 6.07) is 3.05. The Labute approximate surface area is 143 Å². The molecule has 4 heteroatoms. The molecule has 0 aromatic carbocycles. The zero-order valence-corrected chi connectivity index (χ0v) is 14.9. The molecule has 2 bridgehead atoms. The molecule has 1 N–H and O–H groups in total. The zero-order chi connectivity index (χ0) is 17.3. The van der Waals surface area contributed by atoms with Gasteiger partial charge in [0.2, 0.25) is 5.56 Å². The quantitative estimate of drug-likeness (QED) is 0.637. The van der Waals surface area contributed by atoms with E-state index < -0.39 is 5.97 Å². The summed E-state index contributed by atoms with van der Waals surface area (Å²) in [5.74, 6) is 1.06. The van der Waals surface area contributed by atoms with E-state index in [1.807, 2.05) is 6.92 Å². The molecule has 1 fully saturated rings. The Morgan fingerprint density at radius 2 is 2.12 bits per heavy atom. The Morgan fingerprint density at radius 1 is 1.33 bits per heavy atom. The fraction of sp³-hybridized carbons (Fsp3) is 0.600. The van der Waals surface area contributed by atoms with Gasteiger partial charge in [-0.15, -0.1) is 0 Å². The number of allylic oxidation sites excluding steroid dienone is 1. The zero-order valence-electron chi connectivity index (χ0n) is 14.9. The van der Waals surface area contributed by atoms with Crippen LogP contribution in [0.1, 0.15) is 62.5 Å². The number of aromatic nitrogens is 1. The highest BCUT2D eigenvalue weighted by atomic mass is 16.5. The van der Waals surface area contributed by atoms with Crippen LogP contribution in [0.5, 0.6) is 0 Å². The van der Waals surface area contributed by atoms with E-state index in [-0.39, 0.29) is 5.56 Å². The van der Waals surface area contributed by atoms with Gasteiger partial charge in [-0.2, -0.15) is 0 Å². The molecule has 1 aromatic heterocycles. The lowest BCUT2D eigenvalue weighted by Crippen LogP contribution is -2.48. The van der Waals surface area contributed by atoms with E-state index in [1.54, 1.807) is 6.07 Å². The number of fused-ring (bicyclic) bond motifs is 1. The minimum Gasteiger partial charge on any atom is -0.462 e. The molecule has 2 atom stereocenters. The molecule has 0 saturated heterocycles. The summed E-state index contributed by atoms with van der Waals surface area (Å²) < 4.78 is 5.42. The first-order chi connectivity index (χ1) is 11.4. The molecule has 3 aliphatic carbocycles. The number of aromatic amines is 1. The van der Waals surface area contributed by atoms with Crippen LogP contribution in [0.3, 0.4) is 0 Å². The third-order valence-corrected chi connectivity index (χ3v) is 5.86. The van der Waals surface area contributed by atoms with Crippen LogP contribution in [0.25, 0.3) is 0 Å². The highest BCUT2D eigenvalue weighted by Gasteiger charge is 2.50. The maximum Gasteiger partial charge on any atom is 0.338 e. The number of carbonyl (C=O) groups excluding carboxylic acids is 1. The minimum absolute atomic E-state index is 0.245. The number of carbonyl (C=O) groups is 1. The number of pyridine rings is 1. The highest BCUT2D eigenvalue weighted by molar-refractivity contribution is 5.89. The number of ether oxygens (including phenoxy) is 1. The molecule has 130 valence electrons. The second-order valence-corrected chi connectivity index (χ2v) is 7.72. The summed E-state index contributed by atoms with van der Waals surface area (Å²) in [6.07, 6.45) is 7.24. The SMILES string of the molecule is CCCc1cc(C(=O)OCCC2=CC[C@H]3C[C@@H]2C3(C)C)cc(=O)[nH]1. The summed E-state index contributed by atoms with van der Waals surface area (Å²) in [4.78, 5) is 26.6. The van der Waals surface area contributed by atoms with Gasteiger partial charge in [-0.25, -0.2) is 4.79 Å². The molecule has 3 aliphatic rings. The Bertz CT molecular complexity index is 714. The van der Waals surface area contributed by atoms with Crippen molar-refractivity contribution in [2.75, 3.05) is 6.61 Å². The topological polar surface area (TPSA) is 59.2 Å². The number of hydrogen-bond donors (Lipinski definition) is 1. The molecular weight excluding hydrogens is 302 g/mol. The van der Waals surface area contributed by atoms with Crippen LogP contribution in [-0.4, -0.2) is 17.6 Å². The Balaban J connectivity index is 1.57. The average molecular weight is 329 g/mol. The first kappa shape index (κ1) is 17.0. The molecule has 0 amide bonds. The molecule has 24 heavy (non-hydrogen) atoms. The van der Waals surface area contributed by atoms with Crippen molar-refractivity contribution < 1.29 is 9.53 Å². The number of H-pyrrole nitrogens is 1. The summed E-state index contributed by atoms with van der Waals surface area (Å²) in [5, 5.41) is 0. The first-order valence-corrected chi connectivity index (χ1v) is 9.01. The summed E-state index contributed by atoms with van der Waals surface area (Å²) in [6.45, 7) is 7.11. The van der Waals surface area contributed by atoms with Crippen molar-refractivity contribution in [1.29, 1.82) is 0 Å². The van der Waals surface area contributed by atoms with E-state index in [2.05, 4.69) is 24.9 Å². The van der Waals surface area contributed by atoms with Gasteiger partial charge in [0.05, 0.1) is 12.2 Å². The predicted octanol–water partition coefficient (Wildman–Crippen LogP) is 3.87. The number of nitrogens with one attached hydrogen (secondary N) is 1. The van der Waals surface area contributed by atoms with E-state index in [4.69, 9.17) is 4.74 Å². The third kappa shape index (κ3) is 3.19. The van der Waals surface area contributed by atoms with Gasteiger partial charge < -0.3 is 9.72 Å². The fourth-order valence-corrected chi connectivity index (χ4v) is 4.23. The minimum atomic E-state index is -0.402. The van der Waals surface area contributed by atoms with Crippen LogP contribution in [0, 0.1) is 17.3 Å². The molecule has 0 spiro atoms. The van der Waals surface area contributed by atoms with E-state index in [1.165, 1.54) is 18.1 Å². The second kappa shape index (κ2) is 6.58.